The van der Waals surface area contributed by atoms with E-state index in [1.165, 1.54) is 43.9 Å². The maximum Gasteiger partial charge on any atom is 0.256 e. The van der Waals surface area contributed by atoms with Gasteiger partial charge in [0, 0.05) is 35.1 Å². The standard InChI is InChI=1S/C25H28N4O2S/c30-23(28-16-18-7-2-1-3-8-18)17-32-22-12-5-4-11-21(22)25(31)29-20-10-6-9-19(15-20)24-26-13-14-27-24/h4-6,9-15,18H,1-3,7-8,16-17H2,(H,26,27)(H,28,30)(H,29,31). The fraction of sp³-hybridized carbons (Fsp3) is 0.320. The van der Waals surface area contributed by atoms with Crippen molar-refractivity contribution in [2.75, 3.05) is 17.6 Å². The summed E-state index contributed by atoms with van der Waals surface area (Å²) in [4.78, 5) is 33.4. The molecule has 3 N–H and O–H groups in total. The third kappa shape index (κ3) is 6.01. The predicted molar refractivity (Wildman–Crippen MR) is 129 cm³/mol. The minimum absolute atomic E-state index is 0.0157. The highest BCUT2D eigenvalue weighted by Gasteiger charge is 2.16. The summed E-state index contributed by atoms with van der Waals surface area (Å²) < 4.78 is 0. The van der Waals surface area contributed by atoms with Crippen molar-refractivity contribution in [3.05, 3.63) is 66.5 Å². The van der Waals surface area contributed by atoms with E-state index in [0.717, 1.165) is 22.8 Å². The zero-order valence-corrected chi connectivity index (χ0v) is 18.8. The highest BCUT2D eigenvalue weighted by atomic mass is 32.2. The Bertz CT molecular complexity index is 1050. The van der Waals surface area contributed by atoms with Crippen LogP contribution in [0.5, 0.6) is 0 Å². The van der Waals surface area contributed by atoms with Gasteiger partial charge in [0.05, 0.1) is 11.3 Å². The molecule has 0 saturated heterocycles. The van der Waals surface area contributed by atoms with Gasteiger partial charge in [0.15, 0.2) is 0 Å². The molecule has 1 aliphatic rings. The summed E-state index contributed by atoms with van der Waals surface area (Å²) in [6.45, 7) is 0.757. The van der Waals surface area contributed by atoms with Crippen molar-refractivity contribution in [3.8, 4) is 11.4 Å². The number of carbonyl (C=O) groups excluding carboxylic acids is 2. The molecule has 2 aromatic carbocycles. The smallest absolute Gasteiger partial charge is 0.256 e. The molecule has 0 spiro atoms. The van der Waals surface area contributed by atoms with Gasteiger partial charge in [-0.15, -0.1) is 11.8 Å². The number of thioether (sulfide) groups is 1. The molecule has 0 bridgehead atoms. The van der Waals surface area contributed by atoms with E-state index in [2.05, 4.69) is 20.6 Å². The molecule has 6 nitrogen and oxygen atoms in total. The van der Waals surface area contributed by atoms with Crippen LogP contribution in [0, 0.1) is 5.92 Å². The van der Waals surface area contributed by atoms with Crippen LogP contribution in [0.15, 0.2) is 65.8 Å². The van der Waals surface area contributed by atoms with E-state index in [1.807, 2.05) is 42.5 Å². The van der Waals surface area contributed by atoms with Gasteiger partial charge in [0.2, 0.25) is 5.91 Å². The SMILES string of the molecule is O=C(CSc1ccccc1C(=O)Nc1cccc(-c2ncc[nH]2)c1)NCC1CCCCC1. The summed E-state index contributed by atoms with van der Waals surface area (Å²) in [6, 6.07) is 14.9. The molecule has 4 rings (SSSR count). The van der Waals surface area contributed by atoms with E-state index in [-0.39, 0.29) is 11.8 Å². The van der Waals surface area contributed by atoms with Crippen LogP contribution in [0.1, 0.15) is 42.5 Å². The van der Waals surface area contributed by atoms with Crippen LogP contribution in [0.2, 0.25) is 0 Å². The molecule has 1 aromatic heterocycles. The average molecular weight is 449 g/mol. The van der Waals surface area contributed by atoms with E-state index in [4.69, 9.17) is 0 Å². The van der Waals surface area contributed by atoms with Gasteiger partial charge in [0.1, 0.15) is 5.82 Å². The lowest BCUT2D eigenvalue weighted by Gasteiger charge is -2.21. The Hall–Kier alpha value is -3.06. The number of amides is 2. The molecule has 3 aromatic rings. The van der Waals surface area contributed by atoms with E-state index >= 15 is 0 Å². The van der Waals surface area contributed by atoms with Gasteiger partial charge in [-0.2, -0.15) is 0 Å². The van der Waals surface area contributed by atoms with Gasteiger partial charge < -0.3 is 15.6 Å². The van der Waals surface area contributed by atoms with E-state index in [9.17, 15) is 9.59 Å². The molecule has 1 fully saturated rings. The van der Waals surface area contributed by atoms with Crippen LogP contribution in [-0.4, -0.2) is 34.1 Å². The minimum Gasteiger partial charge on any atom is -0.355 e. The first-order chi connectivity index (χ1) is 15.7. The maximum atomic E-state index is 13.0. The van der Waals surface area contributed by atoms with E-state index < -0.39 is 0 Å². The zero-order valence-electron chi connectivity index (χ0n) is 18.0. The molecule has 2 amide bonds. The number of aromatic amines is 1. The van der Waals surface area contributed by atoms with Gasteiger partial charge in [-0.1, -0.05) is 43.5 Å². The highest BCUT2D eigenvalue weighted by Crippen LogP contribution is 2.25. The molecule has 1 heterocycles. The summed E-state index contributed by atoms with van der Waals surface area (Å²) in [6.07, 6.45) is 9.71. The first kappa shape index (κ1) is 22.1. The van der Waals surface area contributed by atoms with Crippen molar-refractivity contribution in [2.24, 2.45) is 5.92 Å². The largest absolute Gasteiger partial charge is 0.355 e. The summed E-state index contributed by atoms with van der Waals surface area (Å²) in [5.74, 6) is 1.46. The quantitative estimate of drug-likeness (QED) is 0.418. The molecule has 1 saturated carbocycles. The van der Waals surface area contributed by atoms with Crippen molar-refractivity contribution in [1.29, 1.82) is 0 Å². The highest BCUT2D eigenvalue weighted by molar-refractivity contribution is 8.00. The van der Waals surface area contributed by atoms with Crippen LogP contribution in [0.4, 0.5) is 5.69 Å². The van der Waals surface area contributed by atoms with Gasteiger partial charge >= 0.3 is 0 Å². The van der Waals surface area contributed by atoms with Gasteiger partial charge in [-0.25, -0.2) is 4.98 Å². The number of carbonyl (C=O) groups is 2. The molecule has 7 heteroatoms. The van der Waals surface area contributed by atoms with Crippen molar-refractivity contribution in [2.45, 2.75) is 37.0 Å². The van der Waals surface area contributed by atoms with E-state index in [1.54, 1.807) is 18.5 Å². The molecule has 0 unspecified atom stereocenters. The average Bonchev–Trinajstić information content (AvgIpc) is 3.38. The normalized spacial score (nSPS) is 14.1. The van der Waals surface area contributed by atoms with Gasteiger partial charge in [0.25, 0.3) is 5.91 Å². The monoisotopic (exact) mass is 448 g/mol. The molecule has 0 aliphatic heterocycles. The van der Waals surface area contributed by atoms with Gasteiger partial charge in [-0.3, -0.25) is 9.59 Å². The predicted octanol–water partition coefficient (Wildman–Crippen LogP) is 5.12. The van der Waals surface area contributed by atoms with Crippen LogP contribution < -0.4 is 10.6 Å². The fourth-order valence-electron chi connectivity index (χ4n) is 3.99. The summed E-state index contributed by atoms with van der Waals surface area (Å²) >= 11 is 1.39. The number of hydrogen-bond donors (Lipinski definition) is 3. The van der Waals surface area contributed by atoms with Crippen LogP contribution in [0.3, 0.4) is 0 Å². The number of nitrogens with zero attached hydrogens (tertiary/aromatic N) is 1. The lowest BCUT2D eigenvalue weighted by atomic mass is 9.89. The lowest BCUT2D eigenvalue weighted by molar-refractivity contribution is -0.118. The van der Waals surface area contributed by atoms with Crippen LogP contribution in [-0.2, 0) is 4.79 Å². The van der Waals surface area contributed by atoms with Crippen LogP contribution in [0.25, 0.3) is 11.4 Å². The Balaban J connectivity index is 1.35. The Morgan fingerprint density at radius 3 is 2.72 bits per heavy atom. The zero-order chi connectivity index (χ0) is 22.2. The van der Waals surface area contributed by atoms with Crippen molar-refractivity contribution >= 4 is 29.3 Å². The molecular formula is C25H28N4O2S. The second-order valence-electron chi connectivity index (χ2n) is 8.07. The minimum atomic E-state index is -0.202. The number of aromatic nitrogens is 2. The number of H-pyrrole nitrogens is 1. The third-order valence-electron chi connectivity index (χ3n) is 5.70. The summed E-state index contributed by atoms with van der Waals surface area (Å²) in [7, 11) is 0. The summed E-state index contributed by atoms with van der Waals surface area (Å²) in [5.41, 5.74) is 2.14. The first-order valence-corrected chi connectivity index (χ1v) is 12.1. The Morgan fingerprint density at radius 1 is 1.06 bits per heavy atom. The number of imidazole rings is 1. The number of rotatable bonds is 8. The topological polar surface area (TPSA) is 86.9 Å². The fourth-order valence-corrected chi connectivity index (χ4v) is 4.87. The molecule has 0 radical (unpaired) electrons. The number of hydrogen-bond acceptors (Lipinski definition) is 4. The van der Waals surface area contributed by atoms with Gasteiger partial charge in [-0.05, 0) is 43.0 Å². The number of benzene rings is 2. The molecule has 1 aliphatic carbocycles. The van der Waals surface area contributed by atoms with Crippen LogP contribution >= 0.6 is 11.8 Å². The third-order valence-corrected chi connectivity index (χ3v) is 6.77. The second kappa shape index (κ2) is 11.0. The van der Waals surface area contributed by atoms with E-state index in [0.29, 0.717) is 22.9 Å². The van der Waals surface area contributed by atoms with Crippen molar-refractivity contribution in [1.82, 2.24) is 15.3 Å². The number of anilines is 1. The van der Waals surface area contributed by atoms with Crippen molar-refractivity contribution < 1.29 is 9.59 Å². The molecular weight excluding hydrogens is 420 g/mol. The Morgan fingerprint density at radius 2 is 1.91 bits per heavy atom. The lowest BCUT2D eigenvalue weighted by Crippen LogP contribution is -2.31. The first-order valence-electron chi connectivity index (χ1n) is 11.1. The Labute approximate surface area is 192 Å². The second-order valence-corrected chi connectivity index (χ2v) is 9.08. The maximum absolute atomic E-state index is 13.0. The molecule has 0 atom stereocenters. The molecule has 32 heavy (non-hydrogen) atoms. The Kier molecular flexibility index (Phi) is 7.61. The molecule has 166 valence electrons. The van der Waals surface area contributed by atoms with Crippen molar-refractivity contribution in [3.63, 3.8) is 0 Å². The number of nitrogens with one attached hydrogen (secondary N) is 3. The summed E-state index contributed by atoms with van der Waals surface area (Å²) in [5, 5.41) is 6.02.